The number of piperazine rings is 1. The fraction of sp³-hybridized carbons (Fsp3) is 0.255. The number of aromatic nitrogens is 4. The zero-order chi connectivity index (χ0) is 45.7. The van der Waals surface area contributed by atoms with Crippen LogP contribution in [-0.4, -0.2) is 103 Å². The fourth-order valence-electron chi connectivity index (χ4n) is 7.70. The number of thiophene rings is 1. The second kappa shape index (κ2) is 19.8. The summed E-state index contributed by atoms with van der Waals surface area (Å²) in [5.74, 6) is -0.0105. The highest BCUT2D eigenvalue weighted by atomic mass is 32.1. The molecule has 1 aliphatic rings. The summed E-state index contributed by atoms with van der Waals surface area (Å²) in [6.07, 6.45) is 1.42. The molecule has 65 heavy (non-hydrogen) atoms. The first-order valence-corrected chi connectivity index (χ1v) is 23.1. The highest BCUT2D eigenvalue weighted by Crippen LogP contribution is 2.49. The summed E-state index contributed by atoms with van der Waals surface area (Å²) < 4.78 is 49.0. The predicted octanol–water partition coefficient (Wildman–Crippen LogP) is 7.99. The van der Waals surface area contributed by atoms with Gasteiger partial charge in [-0.3, -0.25) is 14.7 Å². The molecule has 4 heterocycles. The number of hydrogen-bond acceptors (Lipinski definition) is 13. The van der Waals surface area contributed by atoms with Crippen molar-refractivity contribution < 1.29 is 47.4 Å². The van der Waals surface area contributed by atoms with Crippen LogP contribution in [0.3, 0.4) is 0 Å². The van der Waals surface area contributed by atoms with Gasteiger partial charge in [0.25, 0.3) is 0 Å². The first-order chi connectivity index (χ1) is 31.3. The van der Waals surface area contributed by atoms with Crippen LogP contribution in [0.25, 0.3) is 43.2 Å². The summed E-state index contributed by atoms with van der Waals surface area (Å²) in [6.45, 7) is 9.44. The Kier molecular flexibility index (Phi) is 13.8. The lowest BCUT2D eigenvalue weighted by atomic mass is 9.92. The fourth-order valence-corrected chi connectivity index (χ4v) is 9.24. The molecule has 1 unspecified atom stereocenters. The van der Waals surface area contributed by atoms with E-state index in [4.69, 9.17) is 24.0 Å². The van der Waals surface area contributed by atoms with Crippen LogP contribution in [0.4, 0.5) is 4.39 Å². The van der Waals surface area contributed by atoms with Gasteiger partial charge >= 0.3 is 13.8 Å². The minimum absolute atomic E-state index is 0.00945. The minimum Gasteiger partial charge on any atom is -0.492 e. The van der Waals surface area contributed by atoms with Gasteiger partial charge in [0, 0.05) is 61.3 Å². The molecule has 4 aromatic carbocycles. The zero-order valence-electron chi connectivity index (χ0n) is 35.8. The van der Waals surface area contributed by atoms with E-state index >= 15 is 0 Å². The molecule has 1 aliphatic heterocycles. The number of carboxylic acids is 1. The van der Waals surface area contributed by atoms with E-state index in [1.165, 1.54) is 41.9 Å². The lowest BCUT2D eigenvalue weighted by Crippen LogP contribution is -2.45. The van der Waals surface area contributed by atoms with Gasteiger partial charge in [-0.15, -0.1) is 11.3 Å². The molecule has 0 saturated carbocycles. The average molecular weight is 921 g/mol. The van der Waals surface area contributed by atoms with E-state index in [-0.39, 0.29) is 30.5 Å². The van der Waals surface area contributed by atoms with Crippen molar-refractivity contribution in [2.24, 2.45) is 0 Å². The highest BCUT2D eigenvalue weighted by molar-refractivity contribution is 7.46. The second-order valence-corrected chi connectivity index (χ2v) is 17.8. The molecule has 3 N–H and O–H groups in total. The predicted molar refractivity (Wildman–Crippen MR) is 244 cm³/mol. The summed E-state index contributed by atoms with van der Waals surface area (Å²) in [4.78, 5) is 55.4. The summed E-state index contributed by atoms with van der Waals surface area (Å²) in [7, 11) is -2.58. The van der Waals surface area contributed by atoms with Crippen molar-refractivity contribution in [3.05, 3.63) is 132 Å². The van der Waals surface area contributed by atoms with Crippen molar-refractivity contribution in [1.82, 2.24) is 29.7 Å². The molecule has 15 nitrogen and oxygen atoms in total. The van der Waals surface area contributed by atoms with Crippen molar-refractivity contribution >= 4 is 35.3 Å². The van der Waals surface area contributed by atoms with Gasteiger partial charge < -0.3 is 28.7 Å². The van der Waals surface area contributed by atoms with Crippen LogP contribution < -0.4 is 18.7 Å². The van der Waals surface area contributed by atoms with Gasteiger partial charge in [-0.25, -0.2) is 33.7 Å². The average Bonchev–Trinajstić information content (AvgIpc) is 3.66. The molecule has 0 radical (unpaired) electrons. The molecule has 1 fully saturated rings. The van der Waals surface area contributed by atoms with Crippen molar-refractivity contribution in [2.75, 3.05) is 46.4 Å². The summed E-state index contributed by atoms with van der Waals surface area (Å²) in [6, 6.07) is 24.9. The smallest absolute Gasteiger partial charge is 0.492 e. The zero-order valence-corrected chi connectivity index (χ0v) is 37.5. The van der Waals surface area contributed by atoms with Crippen molar-refractivity contribution in [2.45, 2.75) is 33.0 Å². The molecule has 3 aromatic heterocycles. The number of halogens is 1. The Morgan fingerprint density at radius 1 is 0.862 bits per heavy atom. The van der Waals surface area contributed by atoms with E-state index in [9.17, 15) is 18.9 Å². The maximum Gasteiger partial charge on any atom is 0.524 e. The number of aliphatic carboxylic acids is 1. The van der Waals surface area contributed by atoms with Crippen LogP contribution in [-0.2, 0) is 22.4 Å². The third kappa shape index (κ3) is 11.1. The number of benzene rings is 4. The molecular formula is C47H46FN6O9PS. The summed E-state index contributed by atoms with van der Waals surface area (Å²) in [5, 5.41) is 11.2. The van der Waals surface area contributed by atoms with Gasteiger partial charge in [-0.05, 0) is 109 Å². The van der Waals surface area contributed by atoms with Crippen molar-refractivity contribution in [3.8, 4) is 56.1 Å². The molecule has 0 spiro atoms. The lowest BCUT2D eigenvalue weighted by Gasteiger charge is -2.32. The quantitative estimate of drug-likeness (QED) is 0.0745. The lowest BCUT2D eigenvalue weighted by molar-refractivity contribution is -0.145. The standard InChI is InChI=1S/C47H46FN6O9PS/c1-29-24-37(60-23-22-54-20-18-53(3)19-21-54)25-30(2)40(29)41-42-45(50-28-51-46(42)65-43(41)31-8-12-34(48)13-9-31)62-39(47(55)56)26-33-6-4-5-7-38(33)61-27-35-16-17-49-44(52-35)32-10-14-36(15-11-32)63-64(57,58)59/h4-17,24-25,28,39H,18-23,26-27H2,1-3H3,(H,55,56)(H2,57,58,59). The van der Waals surface area contributed by atoms with Crippen LogP contribution in [0.1, 0.15) is 22.4 Å². The Balaban J connectivity index is 1.05. The Labute approximate surface area is 378 Å². The van der Waals surface area contributed by atoms with Gasteiger partial charge in [-0.2, -0.15) is 0 Å². The number of phosphoric ester groups is 1. The van der Waals surface area contributed by atoms with Gasteiger partial charge in [0.15, 0.2) is 5.82 Å². The Morgan fingerprint density at radius 3 is 2.28 bits per heavy atom. The number of hydrogen-bond donors (Lipinski definition) is 3. The maximum absolute atomic E-state index is 14.2. The van der Waals surface area contributed by atoms with E-state index in [1.54, 1.807) is 60.8 Å². The van der Waals surface area contributed by atoms with Crippen LogP contribution in [0.15, 0.2) is 104 Å². The molecule has 1 atom stereocenters. The molecule has 0 bridgehead atoms. The number of carboxylic acid groups (broad SMARTS) is 1. The minimum atomic E-state index is -4.71. The Morgan fingerprint density at radius 2 is 1.57 bits per heavy atom. The molecule has 8 rings (SSSR count). The van der Waals surface area contributed by atoms with E-state index in [0.717, 1.165) is 71.2 Å². The molecule has 0 amide bonds. The number of ether oxygens (including phenoxy) is 3. The number of nitrogens with zero attached hydrogens (tertiary/aromatic N) is 6. The molecule has 18 heteroatoms. The maximum atomic E-state index is 14.2. The van der Waals surface area contributed by atoms with Gasteiger partial charge in [0.1, 0.15) is 47.4 Å². The third-order valence-electron chi connectivity index (χ3n) is 10.9. The van der Waals surface area contributed by atoms with Gasteiger partial charge in [-0.1, -0.05) is 30.3 Å². The normalized spacial score (nSPS) is 14.0. The summed E-state index contributed by atoms with van der Waals surface area (Å²) in [5.41, 5.74) is 5.87. The topological polar surface area (TPSA) is 190 Å². The highest BCUT2D eigenvalue weighted by Gasteiger charge is 2.29. The number of rotatable bonds is 17. The van der Waals surface area contributed by atoms with Gasteiger partial charge in [0.2, 0.25) is 12.0 Å². The number of aryl methyl sites for hydroxylation is 2. The molecule has 336 valence electrons. The number of likely N-dealkylation sites (N-methyl/N-ethyl adjacent to an activating group) is 1. The van der Waals surface area contributed by atoms with Crippen molar-refractivity contribution in [1.29, 1.82) is 0 Å². The second-order valence-electron chi connectivity index (χ2n) is 15.6. The number of phosphoric acid groups is 1. The first-order valence-electron chi connectivity index (χ1n) is 20.7. The van der Waals surface area contributed by atoms with Crippen molar-refractivity contribution in [3.63, 3.8) is 0 Å². The van der Waals surface area contributed by atoms with Crippen LogP contribution in [0.2, 0.25) is 0 Å². The number of para-hydroxylation sites is 1. The molecule has 7 aromatic rings. The Hall–Kier alpha value is -6.33. The first kappa shape index (κ1) is 45.2. The largest absolute Gasteiger partial charge is 0.524 e. The van der Waals surface area contributed by atoms with E-state index in [2.05, 4.69) is 41.3 Å². The van der Waals surface area contributed by atoms with Crippen LogP contribution in [0.5, 0.6) is 23.1 Å². The summed E-state index contributed by atoms with van der Waals surface area (Å²) >= 11 is 1.39. The van der Waals surface area contributed by atoms with E-state index < -0.39 is 19.9 Å². The molecule has 0 aliphatic carbocycles. The SMILES string of the molecule is Cc1cc(OCCN2CCN(C)CC2)cc(C)c1-c1c(-c2ccc(F)cc2)sc2ncnc(OC(Cc3ccccc3OCc3ccnc(-c4ccc(OP(=O)(O)O)cc4)n3)C(=O)O)c12. The van der Waals surface area contributed by atoms with E-state index in [0.29, 0.717) is 45.2 Å². The molecular weight excluding hydrogens is 875 g/mol. The number of carbonyl (C=O) groups is 1. The van der Waals surface area contributed by atoms with Crippen LogP contribution in [0, 0.1) is 19.7 Å². The number of fused-ring (bicyclic) bond motifs is 1. The molecule has 1 saturated heterocycles. The Bertz CT molecular complexity index is 2830. The van der Waals surface area contributed by atoms with E-state index in [1.807, 2.05) is 26.0 Å². The van der Waals surface area contributed by atoms with Crippen LogP contribution >= 0.6 is 19.2 Å². The monoisotopic (exact) mass is 920 g/mol. The van der Waals surface area contributed by atoms with Gasteiger partial charge in [0.05, 0.1) is 11.1 Å². The third-order valence-corrected chi connectivity index (χ3v) is 12.5.